The molecule has 7 heteroatoms. The predicted octanol–water partition coefficient (Wildman–Crippen LogP) is 3.04. The topological polar surface area (TPSA) is 51.2 Å². The Morgan fingerprint density at radius 2 is 1.63 bits per heavy atom. The fraction of sp³-hybridized carbons (Fsp3) is 0.950. The molecule has 0 amide bonds. The van der Waals surface area contributed by atoms with Crippen molar-refractivity contribution in [1.29, 1.82) is 0 Å². The van der Waals surface area contributed by atoms with Gasteiger partial charge in [-0.05, 0) is 59.3 Å². The Kier molecular flexibility index (Phi) is 9.29. The highest BCUT2D eigenvalue weighted by Gasteiger charge is 2.36. The van der Waals surface area contributed by atoms with E-state index in [0.29, 0.717) is 6.61 Å². The molecular weight excluding hydrogens is 368 g/mol. The molecule has 0 aromatic heterocycles. The lowest BCUT2D eigenvalue weighted by molar-refractivity contribution is -0.215. The number of hydrogen-bond acceptors (Lipinski definition) is 6. The van der Waals surface area contributed by atoms with E-state index >= 15 is 0 Å². The number of carbonyl (C=O) groups is 1. The number of esters is 1. The second kappa shape index (κ2) is 11.0. The summed E-state index contributed by atoms with van der Waals surface area (Å²) in [4.78, 5) is 16.9. The molecule has 0 N–H and O–H groups in total. The van der Waals surface area contributed by atoms with Gasteiger partial charge in [-0.25, -0.2) is 0 Å². The second-order valence-corrected chi connectivity index (χ2v) is 8.14. The Hall–Kier alpha value is -0.400. The number of halogens is 1. The van der Waals surface area contributed by atoms with E-state index in [-0.39, 0.29) is 49.0 Å². The fourth-order valence-corrected chi connectivity index (χ4v) is 4.63. The molecule has 3 aliphatic rings. The summed E-state index contributed by atoms with van der Waals surface area (Å²) in [5.74, 6) is 0.0290. The van der Waals surface area contributed by atoms with E-state index in [4.69, 9.17) is 14.2 Å². The highest BCUT2D eigenvalue weighted by Crippen LogP contribution is 2.30. The zero-order chi connectivity index (χ0) is 18.5. The van der Waals surface area contributed by atoms with Crippen LogP contribution in [0, 0.1) is 5.92 Å². The second-order valence-electron chi connectivity index (χ2n) is 8.14. The van der Waals surface area contributed by atoms with Gasteiger partial charge >= 0.3 is 5.97 Å². The Bertz CT molecular complexity index is 443. The van der Waals surface area contributed by atoms with Crippen LogP contribution in [0.5, 0.6) is 0 Å². The SMILES string of the molecule is CCOC(=O)C1CCC(O[C@@H](N2CCCC2)N2C[C@H](C)O[C@@H](C)C2)CC1.Cl. The van der Waals surface area contributed by atoms with Gasteiger partial charge in [-0.3, -0.25) is 14.6 Å². The Morgan fingerprint density at radius 1 is 1.04 bits per heavy atom. The maximum absolute atomic E-state index is 12.0. The molecule has 3 rings (SSSR count). The van der Waals surface area contributed by atoms with Gasteiger partial charge in [0.1, 0.15) is 0 Å². The van der Waals surface area contributed by atoms with Crippen LogP contribution in [0.2, 0.25) is 0 Å². The number of morpholine rings is 1. The predicted molar refractivity (Wildman–Crippen MR) is 107 cm³/mol. The molecule has 0 aromatic rings. The number of carbonyl (C=O) groups excluding carboxylic acids is 1. The first-order valence-electron chi connectivity index (χ1n) is 10.5. The minimum Gasteiger partial charge on any atom is -0.466 e. The molecule has 158 valence electrons. The van der Waals surface area contributed by atoms with Gasteiger partial charge in [-0.2, -0.15) is 0 Å². The van der Waals surface area contributed by atoms with Crippen molar-refractivity contribution in [3.63, 3.8) is 0 Å². The van der Waals surface area contributed by atoms with Crippen LogP contribution in [0.4, 0.5) is 0 Å². The molecule has 27 heavy (non-hydrogen) atoms. The smallest absolute Gasteiger partial charge is 0.308 e. The third-order valence-corrected chi connectivity index (χ3v) is 5.82. The van der Waals surface area contributed by atoms with Crippen molar-refractivity contribution in [2.24, 2.45) is 5.92 Å². The summed E-state index contributed by atoms with van der Waals surface area (Å²) < 4.78 is 17.7. The fourth-order valence-electron chi connectivity index (χ4n) is 4.63. The first-order valence-corrected chi connectivity index (χ1v) is 10.5. The van der Waals surface area contributed by atoms with E-state index in [2.05, 4.69) is 23.6 Å². The zero-order valence-electron chi connectivity index (χ0n) is 17.1. The van der Waals surface area contributed by atoms with Crippen LogP contribution in [0.3, 0.4) is 0 Å². The first kappa shape index (κ1) is 22.9. The minimum absolute atomic E-state index is 0. The van der Waals surface area contributed by atoms with Crippen LogP contribution in [0.15, 0.2) is 0 Å². The molecule has 6 nitrogen and oxygen atoms in total. The molecule has 2 aliphatic heterocycles. The Labute approximate surface area is 170 Å². The van der Waals surface area contributed by atoms with Gasteiger partial charge in [0, 0.05) is 26.2 Å². The molecule has 1 aliphatic carbocycles. The highest BCUT2D eigenvalue weighted by molar-refractivity contribution is 5.85. The summed E-state index contributed by atoms with van der Waals surface area (Å²) in [7, 11) is 0. The van der Waals surface area contributed by atoms with Crippen LogP contribution < -0.4 is 0 Å². The molecule has 3 fully saturated rings. The van der Waals surface area contributed by atoms with Gasteiger partial charge < -0.3 is 14.2 Å². The van der Waals surface area contributed by atoms with Crippen LogP contribution in [-0.2, 0) is 19.0 Å². The van der Waals surface area contributed by atoms with Crippen LogP contribution in [-0.4, -0.2) is 73.2 Å². The van der Waals surface area contributed by atoms with Crippen molar-refractivity contribution < 1.29 is 19.0 Å². The van der Waals surface area contributed by atoms with Gasteiger partial charge in [0.25, 0.3) is 0 Å². The van der Waals surface area contributed by atoms with Gasteiger partial charge in [-0.15, -0.1) is 12.4 Å². The Morgan fingerprint density at radius 3 is 2.19 bits per heavy atom. The van der Waals surface area contributed by atoms with Gasteiger partial charge in [-0.1, -0.05) is 0 Å². The van der Waals surface area contributed by atoms with Gasteiger partial charge in [0.2, 0.25) is 0 Å². The monoisotopic (exact) mass is 404 g/mol. The van der Waals surface area contributed by atoms with Crippen LogP contribution in [0.1, 0.15) is 59.3 Å². The number of ether oxygens (including phenoxy) is 3. The molecular formula is C20H37ClN2O4. The van der Waals surface area contributed by atoms with Crippen molar-refractivity contribution >= 4 is 18.4 Å². The summed E-state index contributed by atoms with van der Waals surface area (Å²) >= 11 is 0. The molecule has 0 unspecified atom stereocenters. The van der Waals surface area contributed by atoms with E-state index in [0.717, 1.165) is 51.9 Å². The van der Waals surface area contributed by atoms with E-state index in [1.165, 1.54) is 12.8 Å². The first-order chi connectivity index (χ1) is 12.6. The van der Waals surface area contributed by atoms with Gasteiger partial charge in [0.05, 0.1) is 30.8 Å². The van der Waals surface area contributed by atoms with E-state index in [9.17, 15) is 4.79 Å². The molecule has 0 bridgehead atoms. The van der Waals surface area contributed by atoms with Crippen molar-refractivity contribution in [3.05, 3.63) is 0 Å². The average molecular weight is 405 g/mol. The van der Waals surface area contributed by atoms with Crippen LogP contribution >= 0.6 is 12.4 Å². The van der Waals surface area contributed by atoms with Crippen molar-refractivity contribution in [1.82, 2.24) is 9.80 Å². The average Bonchev–Trinajstić information content (AvgIpc) is 3.14. The zero-order valence-corrected chi connectivity index (χ0v) is 17.9. The molecule has 3 atom stereocenters. The lowest BCUT2D eigenvalue weighted by Gasteiger charge is -2.44. The number of nitrogens with zero attached hydrogens (tertiary/aromatic N) is 2. The summed E-state index contributed by atoms with van der Waals surface area (Å²) in [6, 6.07) is 0. The molecule has 0 spiro atoms. The van der Waals surface area contributed by atoms with Crippen LogP contribution in [0.25, 0.3) is 0 Å². The maximum Gasteiger partial charge on any atom is 0.308 e. The van der Waals surface area contributed by atoms with Gasteiger partial charge in [0.15, 0.2) is 6.35 Å². The third kappa shape index (κ3) is 6.29. The quantitative estimate of drug-likeness (QED) is 0.634. The Balaban J connectivity index is 0.00000261. The molecule has 1 saturated carbocycles. The highest BCUT2D eigenvalue weighted by atomic mass is 35.5. The lowest BCUT2D eigenvalue weighted by Crippen LogP contribution is -2.57. The number of hydrogen-bond donors (Lipinski definition) is 0. The van der Waals surface area contributed by atoms with E-state index in [1.54, 1.807) is 0 Å². The van der Waals surface area contributed by atoms with Crippen molar-refractivity contribution in [2.75, 3.05) is 32.8 Å². The summed E-state index contributed by atoms with van der Waals surface area (Å²) in [5.41, 5.74) is 0. The normalized spacial score (nSPS) is 34.0. The standard InChI is InChI=1S/C20H36N2O4.ClH/c1-4-24-19(23)17-7-9-18(10-8-17)26-20(21-11-5-6-12-21)22-13-15(2)25-16(3)14-22;/h15-18,20H,4-14H2,1-3H3;1H/t15-,16-,17?,18?,20-;/m0./s1. The molecule has 2 saturated heterocycles. The number of rotatable bonds is 6. The van der Waals surface area contributed by atoms with E-state index in [1.807, 2.05) is 6.92 Å². The minimum atomic E-state index is -0.0297. The molecule has 2 heterocycles. The van der Waals surface area contributed by atoms with Crippen molar-refractivity contribution in [2.45, 2.75) is 84.0 Å². The summed E-state index contributed by atoms with van der Waals surface area (Å²) in [5, 5.41) is 0. The van der Waals surface area contributed by atoms with E-state index < -0.39 is 0 Å². The third-order valence-electron chi connectivity index (χ3n) is 5.82. The van der Waals surface area contributed by atoms with Crippen molar-refractivity contribution in [3.8, 4) is 0 Å². The summed E-state index contributed by atoms with van der Waals surface area (Å²) in [6.45, 7) is 10.7. The largest absolute Gasteiger partial charge is 0.466 e. The maximum atomic E-state index is 12.0. The molecule has 0 aromatic carbocycles. The summed E-state index contributed by atoms with van der Waals surface area (Å²) in [6.07, 6.45) is 6.94. The number of likely N-dealkylation sites (tertiary alicyclic amines) is 1. The molecule has 0 radical (unpaired) electrons. The lowest BCUT2D eigenvalue weighted by atomic mass is 9.87.